The first-order chi connectivity index (χ1) is 7.18. The fourth-order valence-electron chi connectivity index (χ4n) is 1.35. The van der Waals surface area contributed by atoms with Gasteiger partial charge in [-0.25, -0.2) is 0 Å². The van der Waals surface area contributed by atoms with Crippen LogP contribution in [0.1, 0.15) is 16.8 Å². The van der Waals surface area contributed by atoms with E-state index >= 15 is 0 Å². The van der Waals surface area contributed by atoms with Crippen molar-refractivity contribution < 1.29 is 4.74 Å². The Hall–Kier alpha value is -1.77. The highest BCUT2D eigenvalue weighted by atomic mass is 16.5. The molecule has 1 radical (unpaired) electrons. The average Bonchev–Trinajstić information content (AvgIpc) is 2.60. The third-order valence-electron chi connectivity index (χ3n) is 2.49. The van der Waals surface area contributed by atoms with Crippen molar-refractivity contribution in [3.05, 3.63) is 41.2 Å². The Labute approximate surface area is 89.1 Å². The van der Waals surface area contributed by atoms with Crippen molar-refractivity contribution in [2.75, 3.05) is 0 Å². The van der Waals surface area contributed by atoms with Gasteiger partial charge in [-0.3, -0.25) is 5.10 Å². The summed E-state index contributed by atoms with van der Waals surface area (Å²) in [5.74, 6) is 1.51. The first-order valence-corrected chi connectivity index (χ1v) is 4.85. The van der Waals surface area contributed by atoms with Gasteiger partial charge in [-0.05, 0) is 38.0 Å². The van der Waals surface area contributed by atoms with Crippen molar-refractivity contribution in [3.63, 3.8) is 0 Å². The maximum atomic E-state index is 5.71. The predicted octanol–water partition coefficient (Wildman–Crippen LogP) is 2.93. The highest BCUT2D eigenvalue weighted by Gasteiger charge is 2.07. The molecule has 77 valence electrons. The summed E-state index contributed by atoms with van der Waals surface area (Å²) < 4.78 is 5.71. The van der Waals surface area contributed by atoms with Crippen LogP contribution in [0.4, 0.5) is 0 Å². The summed E-state index contributed by atoms with van der Waals surface area (Å²) >= 11 is 0. The van der Waals surface area contributed by atoms with Gasteiger partial charge in [-0.15, -0.1) is 0 Å². The van der Waals surface area contributed by atoms with Crippen molar-refractivity contribution in [1.29, 1.82) is 0 Å². The van der Waals surface area contributed by atoms with Crippen LogP contribution in [0.5, 0.6) is 11.5 Å². The molecule has 1 heterocycles. The summed E-state index contributed by atoms with van der Waals surface area (Å²) in [7, 11) is 0. The average molecular weight is 201 g/mol. The molecule has 0 saturated heterocycles. The van der Waals surface area contributed by atoms with Crippen LogP contribution in [0.15, 0.2) is 18.2 Å². The molecule has 3 heteroatoms. The molecule has 1 N–H and O–H groups in total. The van der Waals surface area contributed by atoms with Crippen molar-refractivity contribution in [2.45, 2.75) is 20.8 Å². The largest absolute Gasteiger partial charge is 0.453 e. The van der Waals surface area contributed by atoms with Gasteiger partial charge in [0, 0.05) is 0 Å². The van der Waals surface area contributed by atoms with Gasteiger partial charge in [0.2, 0.25) is 0 Å². The van der Waals surface area contributed by atoms with Crippen LogP contribution in [0.2, 0.25) is 0 Å². The first-order valence-electron chi connectivity index (χ1n) is 4.85. The Bertz CT molecular complexity index is 474. The Morgan fingerprint density at radius 3 is 2.73 bits per heavy atom. The summed E-state index contributed by atoms with van der Waals surface area (Å²) in [5, 5.41) is 6.61. The van der Waals surface area contributed by atoms with Crippen LogP contribution in [0.25, 0.3) is 0 Å². The molecule has 0 saturated carbocycles. The molecule has 2 aromatic rings. The second-order valence-electron chi connectivity index (χ2n) is 3.56. The van der Waals surface area contributed by atoms with Gasteiger partial charge in [0.1, 0.15) is 17.6 Å². The highest BCUT2D eigenvalue weighted by Crippen LogP contribution is 2.27. The van der Waals surface area contributed by atoms with E-state index in [9.17, 15) is 0 Å². The molecule has 0 aliphatic rings. The standard InChI is InChI=1S/C12H13N2O/c1-8-5-4-6-11(9(8)2)15-12-7-13-14-10(12)3/h4-6H,1-3H3,(H,13,14). The number of H-pyrrole nitrogens is 1. The maximum Gasteiger partial charge on any atom is 0.177 e. The number of nitrogens with one attached hydrogen (secondary N) is 1. The molecule has 0 fully saturated rings. The van der Waals surface area contributed by atoms with Crippen LogP contribution >= 0.6 is 0 Å². The summed E-state index contributed by atoms with van der Waals surface area (Å²) in [4.78, 5) is 0. The van der Waals surface area contributed by atoms with Crippen LogP contribution in [-0.4, -0.2) is 10.2 Å². The quantitative estimate of drug-likeness (QED) is 0.811. The molecule has 0 amide bonds. The molecule has 0 atom stereocenters. The lowest BCUT2D eigenvalue weighted by atomic mass is 10.1. The lowest BCUT2D eigenvalue weighted by molar-refractivity contribution is 0.474. The fourth-order valence-corrected chi connectivity index (χ4v) is 1.35. The van der Waals surface area contributed by atoms with Gasteiger partial charge in [0.15, 0.2) is 5.75 Å². The molecule has 2 rings (SSSR count). The van der Waals surface area contributed by atoms with E-state index < -0.39 is 0 Å². The SMILES string of the molecule is Cc1cccc(Oc2[c][nH]nc2C)c1C. The highest BCUT2D eigenvalue weighted by molar-refractivity contribution is 5.41. The van der Waals surface area contributed by atoms with Gasteiger partial charge in [-0.2, -0.15) is 5.10 Å². The summed E-state index contributed by atoms with van der Waals surface area (Å²) in [5.41, 5.74) is 3.18. The minimum absolute atomic E-state index is 0.656. The molecule has 0 aliphatic carbocycles. The van der Waals surface area contributed by atoms with E-state index in [1.54, 1.807) is 0 Å². The predicted molar refractivity (Wildman–Crippen MR) is 58.2 cm³/mol. The van der Waals surface area contributed by atoms with Gasteiger partial charge in [0.25, 0.3) is 0 Å². The van der Waals surface area contributed by atoms with E-state index in [0.29, 0.717) is 5.75 Å². The summed E-state index contributed by atoms with van der Waals surface area (Å²) in [6.45, 7) is 5.99. The number of aryl methyl sites for hydroxylation is 2. The molecule has 0 unspecified atom stereocenters. The second kappa shape index (κ2) is 3.77. The molecular weight excluding hydrogens is 188 g/mol. The molecular formula is C12H13N2O. The first kappa shape index (κ1) is 9.77. The molecule has 1 aromatic carbocycles. The molecule has 1 aromatic heterocycles. The lowest BCUT2D eigenvalue weighted by Crippen LogP contribution is -1.90. The number of hydrogen-bond acceptors (Lipinski definition) is 2. The molecule has 15 heavy (non-hydrogen) atoms. The van der Waals surface area contributed by atoms with E-state index in [-0.39, 0.29) is 0 Å². The van der Waals surface area contributed by atoms with E-state index in [2.05, 4.69) is 29.4 Å². The fraction of sp³-hybridized carbons (Fsp3) is 0.250. The van der Waals surface area contributed by atoms with Gasteiger partial charge in [0.05, 0.1) is 0 Å². The third kappa shape index (κ3) is 1.86. The number of nitrogens with zero attached hydrogens (tertiary/aromatic N) is 1. The van der Waals surface area contributed by atoms with Crippen LogP contribution < -0.4 is 4.74 Å². The number of ether oxygens (including phenoxy) is 1. The smallest absolute Gasteiger partial charge is 0.177 e. The number of aromatic amines is 1. The maximum absolute atomic E-state index is 5.71. The van der Waals surface area contributed by atoms with Gasteiger partial charge >= 0.3 is 0 Å². The summed E-state index contributed by atoms with van der Waals surface area (Å²) in [6, 6.07) is 5.99. The number of aromatic nitrogens is 2. The molecule has 0 aliphatic heterocycles. The zero-order chi connectivity index (χ0) is 10.8. The van der Waals surface area contributed by atoms with E-state index in [1.807, 2.05) is 26.0 Å². The third-order valence-corrected chi connectivity index (χ3v) is 2.49. The Kier molecular flexibility index (Phi) is 2.46. The van der Waals surface area contributed by atoms with Crippen molar-refractivity contribution in [3.8, 4) is 11.5 Å². The normalized spacial score (nSPS) is 10.3. The monoisotopic (exact) mass is 201 g/mol. The Morgan fingerprint density at radius 1 is 1.27 bits per heavy atom. The van der Waals surface area contributed by atoms with E-state index in [4.69, 9.17) is 4.74 Å². The summed E-state index contributed by atoms with van der Waals surface area (Å²) in [6.07, 6.45) is 2.84. The van der Waals surface area contributed by atoms with Crippen LogP contribution in [0, 0.1) is 27.0 Å². The van der Waals surface area contributed by atoms with Crippen LogP contribution in [0.3, 0.4) is 0 Å². The topological polar surface area (TPSA) is 37.9 Å². The number of benzene rings is 1. The Morgan fingerprint density at radius 2 is 2.07 bits per heavy atom. The number of hydrogen-bond donors (Lipinski definition) is 1. The van der Waals surface area contributed by atoms with E-state index in [1.165, 1.54) is 5.56 Å². The molecule has 3 nitrogen and oxygen atoms in total. The number of rotatable bonds is 2. The molecule has 0 spiro atoms. The minimum atomic E-state index is 0.656. The minimum Gasteiger partial charge on any atom is -0.453 e. The van der Waals surface area contributed by atoms with Gasteiger partial charge < -0.3 is 4.74 Å². The lowest BCUT2D eigenvalue weighted by Gasteiger charge is -2.08. The van der Waals surface area contributed by atoms with Crippen molar-refractivity contribution in [2.24, 2.45) is 0 Å². The zero-order valence-electron chi connectivity index (χ0n) is 9.09. The van der Waals surface area contributed by atoms with Crippen molar-refractivity contribution in [1.82, 2.24) is 10.2 Å². The zero-order valence-corrected chi connectivity index (χ0v) is 9.09. The van der Waals surface area contributed by atoms with Gasteiger partial charge in [-0.1, -0.05) is 12.1 Å². The molecule has 0 bridgehead atoms. The van der Waals surface area contributed by atoms with Crippen molar-refractivity contribution >= 4 is 0 Å². The van der Waals surface area contributed by atoms with E-state index in [0.717, 1.165) is 17.0 Å². The van der Waals surface area contributed by atoms with Crippen LogP contribution in [-0.2, 0) is 0 Å². The second-order valence-corrected chi connectivity index (χ2v) is 3.56. The Balaban J connectivity index is 2.33.